The summed E-state index contributed by atoms with van der Waals surface area (Å²) in [5.41, 5.74) is 0.519. The molecule has 0 unspecified atom stereocenters. The second-order valence-corrected chi connectivity index (χ2v) is 3.28. The van der Waals surface area contributed by atoms with Gasteiger partial charge >= 0.3 is 5.97 Å². The first-order valence-electron chi connectivity index (χ1n) is 4.65. The van der Waals surface area contributed by atoms with Crippen LogP contribution in [0.15, 0.2) is 24.3 Å². The van der Waals surface area contributed by atoms with Crippen LogP contribution in [0.5, 0.6) is 5.75 Å². The van der Waals surface area contributed by atoms with Crippen molar-refractivity contribution in [2.45, 2.75) is 6.42 Å². The van der Waals surface area contributed by atoms with Gasteiger partial charge in [0, 0.05) is 5.88 Å². The number of carbonyl (C=O) groups is 1. The lowest BCUT2D eigenvalue weighted by Crippen LogP contribution is -2.06. The third-order valence-corrected chi connectivity index (χ3v) is 2.10. The maximum Gasteiger partial charge on any atom is 0.338 e. The van der Waals surface area contributed by atoms with Crippen LogP contribution in [0.1, 0.15) is 16.8 Å². The van der Waals surface area contributed by atoms with Crippen LogP contribution in [0.4, 0.5) is 0 Å². The summed E-state index contributed by atoms with van der Waals surface area (Å²) >= 11 is 5.46. The fraction of sp³-hybridized carbons (Fsp3) is 0.364. The Morgan fingerprint density at radius 2 is 2.00 bits per heavy atom. The highest BCUT2D eigenvalue weighted by Crippen LogP contribution is 2.12. The largest absolute Gasteiger partial charge is 0.497 e. The number of alkyl halides is 1. The summed E-state index contributed by atoms with van der Waals surface area (Å²) in [6.45, 7) is 0.356. The molecule has 0 saturated heterocycles. The summed E-state index contributed by atoms with van der Waals surface area (Å²) in [5, 5.41) is 0. The molecule has 0 heterocycles. The number of hydrogen-bond donors (Lipinski definition) is 0. The van der Waals surface area contributed by atoms with E-state index in [-0.39, 0.29) is 5.97 Å². The molecule has 82 valence electrons. The van der Waals surface area contributed by atoms with E-state index in [1.54, 1.807) is 31.4 Å². The highest BCUT2D eigenvalue weighted by Gasteiger charge is 2.06. The molecule has 0 atom stereocenters. The van der Waals surface area contributed by atoms with Crippen molar-refractivity contribution in [3.63, 3.8) is 0 Å². The first-order chi connectivity index (χ1) is 7.27. The first-order valence-corrected chi connectivity index (χ1v) is 5.18. The molecule has 0 N–H and O–H groups in total. The van der Waals surface area contributed by atoms with Gasteiger partial charge in [-0.2, -0.15) is 0 Å². The summed E-state index contributed by atoms with van der Waals surface area (Å²) in [6, 6.07) is 6.78. The predicted molar refractivity (Wildman–Crippen MR) is 58.6 cm³/mol. The number of ether oxygens (including phenoxy) is 2. The van der Waals surface area contributed by atoms with Crippen molar-refractivity contribution in [1.29, 1.82) is 0 Å². The number of carbonyl (C=O) groups excluding carboxylic acids is 1. The van der Waals surface area contributed by atoms with Gasteiger partial charge in [-0.1, -0.05) is 0 Å². The van der Waals surface area contributed by atoms with E-state index < -0.39 is 0 Å². The van der Waals surface area contributed by atoms with Crippen LogP contribution >= 0.6 is 11.6 Å². The van der Waals surface area contributed by atoms with Crippen LogP contribution in [-0.4, -0.2) is 25.6 Å². The third-order valence-electron chi connectivity index (χ3n) is 1.84. The van der Waals surface area contributed by atoms with Crippen molar-refractivity contribution in [3.05, 3.63) is 29.8 Å². The molecule has 1 aromatic carbocycles. The highest BCUT2D eigenvalue weighted by molar-refractivity contribution is 6.17. The number of rotatable bonds is 5. The Balaban J connectivity index is 2.50. The Kier molecular flexibility index (Phi) is 4.98. The standard InChI is InChI=1S/C11H13ClO3/c1-14-10-5-3-9(4-6-10)11(13)15-8-2-7-12/h3-6H,2,7-8H2,1H3. The summed E-state index contributed by atoms with van der Waals surface area (Å²) in [7, 11) is 1.58. The van der Waals surface area contributed by atoms with Gasteiger partial charge in [0.15, 0.2) is 0 Å². The zero-order chi connectivity index (χ0) is 11.1. The number of esters is 1. The van der Waals surface area contributed by atoms with Gasteiger partial charge in [0.05, 0.1) is 19.3 Å². The van der Waals surface area contributed by atoms with E-state index >= 15 is 0 Å². The van der Waals surface area contributed by atoms with Crippen LogP contribution in [-0.2, 0) is 4.74 Å². The molecule has 0 saturated carbocycles. The second-order valence-electron chi connectivity index (χ2n) is 2.91. The summed E-state index contributed by atoms with van der Waals surface area (Å²) < 4.78 is 9.96. The second kappa shape index (κ2) is 6.30. The molecule has 4 heteroatoms. The molecule has 15 heavy (non-hydrogen) atoms. The molecule has 1 aromatic rings. The van der Waals surface area contributed by atoms with Gasteiger partial charge in [-0.15, -0.1) is 11.6 Å². The molecule has 3 nitrogen and oxygen atoms in total. The maximum atomic E-state index is 11.4. The van der Waals surface area contributed by atoms with Gasteiger partial charge < -0.3 is 9.47 Å². The zero-order valence-electron chi connectivity index (χ0n) is 8.53. The van der Waals surface area contributed by atoms with Crippen molar-refractivity contribution >= 4 is 17.6 Å². The molecule has 0 aromatic heterocycles. The molecule has 0 spiro atoms. The van der Waals surface area contributed by atoms with Gasteiger partial charge in [-0.05, 0) is 30.7 Å². The topological polar surface area (TPSA) is 35.5 Å². The molecule has 0 bridgehead atoms. The fourth-order valence-corrected chi connectivity index (χ4v) is 1.14. The van der Waals surface area contributed by atoms with Gasteiger partial charge in [-0.3, -0.25) is 0 Å². The summed E-state index contributed by atoms with van der Waals surface area (Å²) in [6.07, 6.45) is 0.670. The smallest absolute Gasteiger partial charge is 0.338 e. The normalized spacial score (nSPS) is 9.73. The van der Waals surface area contributed by atoms with E-state index in [4.69, 9.17) is 21.1 Å². The molecule has 0 amide bonds. The minimum Gasteiger partial charge on any atom is -0.497 e. The van der Waals surface area contributed by atoms with Crippen LogP contribution < -0.4 is 4.74 Å². The lowest BCUT2D eigenvalue weighted by molar-refractivity contribution is 0.0506. The first kappa shape index (κ1) is 11.9. The van der Waals surface area contributed by atoms with Gasteiger partial charge in [-0.25, -0.2) is 4.79 Å². The number of benzene rings is 1. The average Bonchev–Trinajstić information content (AvgIpc) is 2.29. The molecular weight excluding hydrogens is 216 g/mol. The lowest BCUT2D eigenvalue weighted by Gasteiger charge is -2.04. The molecule has 1 rings (SSSR count). The van der Waals surface area contributed by atoms with Crippen molar-refractivity contribution in [1.82, 2.24) is 0 Å². The SMILES string of the molecule is COc1ccc(C(=O)OCCCCl)cc1. The number of methoxy groups -OCH3 is 1. The van der Waals surface area contributed by atoms with Crippen molar-refractivity contribution in [3.8, 4) is 5.75 Å². The minimum absolute atomic E-state index is 0.331. The molecule has 0 fully saturated rings. The van der Waals surface area contributed by atoms with E-state index in [0.29, 0.717) is 30.2 Å². The van der Waals surface area contributed by atoms with Gasteiger partial charge in [0.2, 0.25) is 0 Å². The van der Waals surface area contributed by atoms with Crippen LogP contribution in [0.3, 0.4) is 0 Å². The quantitative estimate of drug-likeness (QED) is 0.441. The van der Waals surface area contributed by atoms with Crippen molar-refractivity contribution in [2.24, 2.45) is 0 Å². The van der Waals surface area contributed by atoms with E-state index in [1.165, 1.54) is 0 Å². The van der Waals surface area contributed by atoms with E-state index in [2.05, 4.69) is 0 Å². The van der Waals surface area contributed by atoms with Gasteiger partial charge in [0.25, 0.3) is 0 Å². The molecular formula is C11H13ClO3. The Morgan fingerprint density at radius 1 is 1.33 bits per heavy atom. The Labute approximate surface area is 93.9 Å². The third kappa shape index (κ3) is 3.80. The summed E-state index contributed by atoms with van der Waals surface area (Å²) in [5.74, 6) is 0.880. The zero-order valence-corrected chi connectivity index (χ0v) is 9.29. The maximum absolute atomic E-state index is 11.4. The monoisotopic (exact) mass is 228 g/mol. The lowest BCUT2D eigenvalue weighted by atomic mass is 10.2. The Hall–Kier alpha value is -1.22. The van der Waals surface area contributed by atoms with Crippen LogP contribution in [0, 0.1) is 0 Å². The Bertz CT molecular complexity index is 308. The van der Waals surface area contributed by atoms with Crippen LogP contribution in [0.2, 0.25) is 0 Å². The summed E-state index contributed by atoms with van der Waals surface area (Å²) in [4.78, 5) is 11.4. The van der Waals surface area contributed by atoms with E-state index in [1.807, 2.05) is 0 Å². The predicted octanol–water partition coefficient (Wildman–Crippen LogP) is 2.48. The molecule has 0 radical (unpaired) electrons. The van der Waals surface area contributed by atoms with Crippen molar-refractivity contribution < 1.29 is 14.3 Å². The van der Waals surface area contributed by atoms with Gasteiger partial charge in [0.1, 0.15) is 5.75 Å². The molecule has 0 aliphatic heterocycles. The van der Waals surface area contributed by atoms with Crippen LogP contribution in [0.25, 0.3) is 0 Å². The van der Waals surface area contributed by atoms with E-state index in [0.717, 1.165) is 0 Å². The highest BCUT2D eigenvalue weighted by atomic mass is 35.5. The Morgan fingerprint density at radius 3 is 2.53 bits per heavy atom. The van der Waals surface area contributed by atoms with Crippen molar-refractivity contribution in [2.75, 3.05) is 19.6 Å². The average molecular weight is 229 g/mol. The molecule has 0 aliphatic rings. The minimum atomic E-state index is -0.331. The van der Waals surface area contributed by atoms with E-state index in [9.17, 15) is 4.79 Å². The number of hydrogen-bond acceptors (Lipinski definition) is 3. The number of halogens is 1. The molecule has 0 aliphatic carbocycles. The fourth-order valence-electron chi connectivity index (χ4n) is 1.03.